The van der Waals surface area contributed by atoms with Crippen molar-refractivity contribution < 1.29 is 8.83 Å². The lowest BCUT2D eigenvalue weighted by atomic mass is 10.0. The average molecular weight is 577 g/mol. The van der Waals surface area contributed by atoms with Gasteiger partial charge in [-0.25, -0.2) is 4.98 Å². The van der Waals surface area contributed by atoms with Crippen LogP contribution in [0.3, 0.4) is 0 Å². The number of rotatable bonds is 3. The van der Waals surface area contributed by atoms with Crippen LogP contribution in [0.15, 0.2) is 154 Å². The van der Waals surface area contributed by atoms with Crippen molar-refractivity contribution in [2.75, 3.05) is 0 Å². The molecule has 210 valence electrons. The van der Waals surface area contributed by atoms with Gasteiger partial charge in [0.15, 0.2) is 5.58 Å². The largest absolute Gasteiger partial charge is 0.455 e. The van der Waals surface area contributed by atoms with Gasteiger partial charge in [0.1, 0.15) is 16.7 Å². The van der Waals surface area contributed by atoms with Crippen molar-refractivity contribution in [2.45, 2.75) is 0 Å². The molecule has 10 rings (SSSR count). The Kier molecular flexibility index (Phi) is 4.96. The Bertz CT molecular complexity index is 2710. The van der Waals surface area contributed by atoms with Crippen molar-refractivity contribution >= 4 is 65.6 Å². The minimum atomic E-state index is 0.590. The lowest BCUT2D eigenvalue weighted by Gasteiger charge is -2.13. The molecular weight excluding hydrogens is 552 g/mol. The summed E-state index contributed by atoms with van der Waals surface area (Å²) in [6, 6.07) is 50.7. The van der Waals surface area contributed by atoms with E-state index in [0.29, 0.717) is 5.89 Å². The van der Waals surface area contributed by atoms with E-state index in [9.17, 15) is 0 Å². The zero-order valence-corrected chi connectivity index (χ0v) is 24.1. The molecule has 0 amide bonds. The SMILES string of the molecule is c1ccc(-c2cc3oc(-c4ccc(-n5c6ccccc6c6ccccc65)c5ccccc45)nc3c3c2oc2ccccc23)cc1. The van der Waals surface area contributed by atoms with Gasteiger partial charge in [-0.3, -0.25) is 0 Å². The van der Waals surface area contributed by atoms with Crippen LogP contribution in [0, 0.1) is 0 Å². The molecular formula is C41H24N2O2. The highest BCUT2D eigenvalue weighted by atomic mass is 16.4. The Labute approximate surface area is 257 Å². The summed E-state index contributed by atoms with van der Waals surface area (Å²) in [5.41, 5.74) is 9.70. The molecule has 0 unspecified atom stereocenters. The van der Waals surface area contributed by atoms with Crippen molar-refractivity contribution in [3.8, 4) is 28.3 Å². The van der Waals surface area contributed by atoms with Crippen LogP contribution >= 0.6 is 0 Å². The zero-order valence-electron chi connectivity index (χ0n) is 24.1. The number of para-hydroxylation sites is 3. The molecule has 0 aliphatic rings. The Balaban J connectivity index is 1.25. The van der Waals surface area contributed by atoms with Crippen LogP contribution in [0.2, 0.25) is 0 Å². The topological polar surface area (TPSA) is 44.1 Å². The third kappa shape index (κ3) is 3.45. The molecule has 0 saturated heterocycles. The molecule has 0 atom stereocenters. The van der Waals surface area contributed by atoms with Crippen LogP contribution < -0.4 is 0 Å². The van der Waals surface area contributed by atoms with Crippen LogP contribution in [0.25, 0.3) is 93.9 Å². The summed E-state index contributed by atoms with van der Waals surface area (Å²) >= 11 is 0. The van der Waals surface area contributed by atoms with Gasteiger partial charge in [-0.2, -0.15) is 0 Å². The minimum absolute atomic E-state index is 0.590. The van der Waals surface area contributed by atoms with Crippen LogP contribution in [0.4, 0.5) is 0 Å². The monoisotopic (exact) mass is 576 g/mol. The first-order chi connectivity index (χ1) is 22.3. The standard InChI is InChI=1S/C41H24N2O2/c1-2-12-25(13-3-1)32-24-37-39(38-31-18-8-11-21-36(31)44-40(32)38)42-41(45-37)30-22-23-35(27-15-5-4-14-26(27)30)43-33-19-9-6-16-28(33)29-17-7-10-20-34(29)43/h1-24H. The maximum absolute atomic E-state index is 6.66. The van der Waals surface area contributed by atoms with Gasteiger partial charge in [0.05, 0.1) is 22.1 Å². The fourth-order valence-electron chi connectivity index (χ4n) is 7.07. The molecule has 0 fully saturated rings. The number of fused-ring (bicyclic) bond motifs is 9. The minimum Gasteiger partial charge on any atom is -0.455 e. The summed E-state index contributed by atoms with van der Waals surface area (Å²) in [6.45, 7) is 0. The van der Waals surface area contributed by atoms with Crippen molar-refractivity contribution in [3.63, 3.8) is 0 Å². The van der Waals surface area contributed by atoms with Gasteiger partial charge >= 0.3 is 0 Å². The fraction of sp³-hybridized carbons (Fsp3) is 0. The molecule has 0 bridgehead atoms. The normalized spacial score (nSPS) is 12.0. The van der Waals surface area contributed by atoms with E-state index >= 15 is 0 Å². The number of oxazole rings is 1. The first kappa shape index (κ1) is 24.3. The molecule has 4 nitrogen and oxygen atoms in total. The predicted octanol–water partition coefficient (Wildman–Crippen LogP) is 11.3. The third-order valence-electron chi connectivity index (χ3n) is 9.04. The van der Waals surface area contributed by atoms with E-state index in [0.717, 1.165) is 66.2 Å². The number of benzene rings is 7. The quantitative estimate of drug-likeness (QED) is 0.210. The Morgan fingerprint density at radius 1 is 0.467 bits per heavy atom. The van der Waals surface area contributed by atoms with Gasteiger partial charge in [0.2, 0.25) is 5.89 Å². The Morgan fingerprint density at radius 2 is 1.09 bits per heavy atom. The van der Waals surface area contributed by atoms with Gasteiger partial charge in [-0.05, 0) is 47.3 Å². The molecule has 0 N–H and O–H groups in total. The second-order valence-electron chi connectivity index (χ2n) is 11.5. The van der Waals surface area contributed by atoms with E-state index < -0.39 is 0 Å². The number of hydrogen-bond donors (Lipinski definition) is 0. The first-order valence-electron chi connectivity index (χ1n) is 15.1. The highest BCUT2D eigenvalue weighted by Crippen LogP contribution is 2.43. The van der Waals surface area contributed by atoms with Crippen LogP contribution in [0.1, 0.15) is 0 Å². The average Bonchev–Trinajstić information content (AvgIpc) is 3.80. The molecule has 0 saturated carbocycles. The summed E-state index contributed by atoms with van der Waals surface area (Å²) in [7, 11) is 0. The molecule has 3 aromatic heterocycles. The van der Waals surface area contributed by atoms with Crippen LogP contribution in [-0.4, -0.2) is 9.55 Å². The van der Waals surface area contributed by atoms with E-state index in [1.807, 2.05) is 36.4 Å². The number of nitrogens with zero attached hydrogens (tertiary/aromatic N) is 2. The van der Waals surface area contributed by atoms with Gasteiger partial charge in [0.25, 0.3) is 0 Å². The van der Waals surface area contributed by atoms with Crippen molar-refractivity contribution in [1.29, 1.82) is 0 Å². The summed E-state index contributed by atoms with van der Waals surface area (Å²) in [6.07, 6.45) is 0. The highest BCUT2D eigenvalue weighted by Gasteiger charge is 2.22. The second kappa shape index (κ2) is 9.18. The van der Waals surface area contributed by atoms with Gasteiger partial charge < -0.3 is 13.4 Å². The first-order valence-corrected chi connectivity index (χ1v) is 15.1. The number of furan rings is 1. The van der Waals surface area contributed by atoms with Crippen molar-refractivity contribution in [3.05, 3.63) is 146 Å². The lowest BCUT2D eigenvalue weighted by molar-refractivity contribution is 0.620. The van der Waals surface area contributed by atoms with Gasteiger partial charge in [-0.1, -0.05) is 109 Å². The third-order valence-corrected chi connectivity index (χ3v) is 9.04. The highest BCUT2D eigenvalue weighted by molar-refractivity contribution is 6.21. The molecule has 0 aliphatic carbocycles. The van der Waals surface area contributed by atoms with Gasteiger partial charge in [0, 0.05) is 32.7 Å². The van der Waals surface area contributed by atoms with E-state index in [1.165, 1.54) is 21.8 Å². The van der Waals surface area contributed by atoms with Crippen molar-refractivity contribution in [1.82, 2.24) is 9.55 Å². The molecule has 0 spiro atoms. The Hall–Kier alpha value is -6.13. The number of aromatic nitrogens is 2. The van der Waals surface area contributed by atoms with E-state index in [-0.39, 0.29) is 0 Å². The van der Waals surface area contributed by atoms with Crippen LogP contribution in [-0.2, 0) is 0 Å². The summed E-state index contributed by atoms with van der Waals surface area (Å²) < 4.78 is 15.5. The summed E-state index contributed by atoms with van der Waals surface area (Å²) in [5, 5.41) is 6.70. The van der Waals surface area contributed by atoms with Gasteiger partial charge in [-0.15, -0.1) is 0 Å². The Morgan fingerprint density at radius 3 is 1.84 bits per heavy atom. The smallest absolute Gasteiger partial charge is 0.227 e. The summed E-state index contributed by atoms with van der Waals surface area (Å²) in [5.74, 6) is 0.590. The second-order valence-corrected chi connectivity index (χ2v) is 11.5. The molecule has 0 aliphatic heterocycles. The molecule has 0 radical (unpaired) electrons. The number of hydrogen-bond acceptors (Lipinski definition) is 3. The molecule has 3 heterocycles. The molecule has 10 aromatic rings. The maximum atomic E-state index is 6.66. The molecule has 7 aromatic carbocycles. The lowest BCUT2D eigenvalue weighted by Crippen LogP contribution is -1.96. The maximum Gasteiger partial charge on any atom is 0.227 e. The fourth-order valence-corrected chi connectivity index (χ4v) is 7.07. The molecule has 45 heavy (non-hydrogen) atoms. The van der Waals surface area contributed by atoms with Crippen LogP contribution in [0.5, 0.6) is 0 Å². The van der Waals surface area contributed by atoms with E-state index in [4.69, 9.17) is 13.8 Å². The predicted molar refractivity (Wildman–Crippen MR) is 184 cm³/mol. The van der Waals surface area contributed by atoms with E-state index in [1.54, 1.807) is 0 Å². The van der Waals surface area contributed by atoms with E-state index in [2.05, 4.69) is 114 Å². The zero-order chi connectivity index (χ0) is 29.5. The summed E-state index contributed by atoms with van der Waals surface area (Å²) in [4.78, 5) is 5.18. The molecule has 4 heteroatoms. The van der Waals surface area contributed by atoms with Crippen molar-refractivity contribution in [2.24, 2.45) is 0 Å².